The molecule has 1 atom stereocenters. The first-order chi connectivity index (χ1) is 4.88. The molecule has 3 N–H and O–H groups in total. The molecule has 0 aliphatic carbocycles. The van der Waals surface area contributed by atoms with E-state index in [1.165, 1.54) is 6.42 Å². The minimum absolute atomic E-state index is 0.279. The largest absolute Gasteiger partial charge is 0.395 e. The summed E-state index contributed by atoms with van der Waals surface area (Å²) in [7, 11) is 0. The average Bonchev–Trinajstić information content (AvgIpc) is 1.93. The summed E-state index contributed by atoms with van der Waals surface area (Å²) in [5, 5.41) is 8.61. The van der Waals surface area contributed by atoms with E-state index < -0.39 is 0 Å². The van der Waals surface area contributed by atoms with Crippen molar-refractivity contribution in [2.24, 2.45) is 5.73 Å². The van der Waals surface area contributed by atoms with E-state index >= 15 is 0 Å². The predicted molar refractivity (Wildman–Crippen MR) is 40.7 cm³/mol. The van der Waals surface area contributed by atoms with Gasteiger partial charge in [-0.2, -0.15) is 0 Å². The summed E-state index contributed by atoms with van der Waals surface area (Å²) in [4.78, 5) is 2.28. The average molecular weight is 144 g/mol. The maximum atomic E-state index is 8.61. The van der Waals surface area contributed by atoms with E-state index in [4.69, 9.17) is 10.8 Å². The van der Waals surface area contributed by atoms with E-state index in [2.05, 4.69) is 4.90 Å². The lowest BCUT2D eigenvalue weighted by Crippen LogP contribution is -2.49. The second-order valence-electron chi connectivity index (χ2n) is 2.78. The van der Waals surface area contributed by atoms with Gasteiger partial charge >= 0.3 is 0 Å². The fourth-order valence-electron chi connectivity index (χ4n) is 1.44. The van der Waals surface area contributed by atoms with Crippen LogP contribution in [0.3, 0.4) is 0 Å². The molecule has 10 heavy (non-hydrogen) atoms. The van der Waals surface area contributed by atoms with Gasteiger partial charge in [0.05, 0.1) is 6.61 Å². The van der Waals surface area contributed by atoms with Gasteiger partial charge in [-0.05, 0) is 19.4 Å². The Hall–Kier alpha value is -0.120. The third kappa shape index (κ3) is 1.68. The SMILES string of the molecule is NCCC1CCN1CCO. The first kappa shape index (κ1) is 7.98. The van der Waals surface area contributed by atoms with Crippen molar-refractivity contribution in [3.05, 3.63) is 0 Å². The van der Waals surface area contributed by atoms with E-state index in [0.29, 0.717) is 6.04 Å². The number of aliphatic hydroxyl groups excluding tert-OH is 1. The maximum absolute atomic E-state index is 8.61. The Kier molecular flexibility index (Phi) is 3.12. The molecule has 0 spiro atoms. The first-order valence-corrected chi connectivity index (χ1v) is 3.93. The van der Waals surface area contributed by atoms with Crippen molar-refractivity contribution in [2.45, 2.75) is 18.9 Å². The van der Waals surface area contributed by atoms with Crippen molar-refractivity contribution in [1.29, 1.82) is 0 Å². The van der Waals surface area contributed by atoms with Crippen LogP contribution >= 0.6 is 0 Å². The van der Waals surface area contributed by atoms with Gasteiger partial charge in [0, 0.05) is 19.1 Å². The molecule has 0 amide bonds. The van der Waals surface area contributed by atoms with Crippen molar-refractivity contribution in [3.63, 3.8) is 0 Å². The third-order valence-corrected chi connectivity index (χ3v) is 2.15. The highest BCUT2D eigenvalue weighted by Crippen LogP contribution is 2.18. The van der Waals surface area contributed by atoms with Crippen molar-refractivity contribution in [3.8, 4) is 0 Å². The zero-order chi connectivity index (χ0) is 7.40. The van der Waals surface area contributed by atoms with Crippen LogP contribution in [-0.4, -0.2) is 42.3 Å². The molecule has 1 unspecified atom stereocenters. The van der Waals surface area contributed by atoms with Gasteiger partial charge in [0.1, 0.15) is 0 Å². The summed E-state index contributed by atoms with van der Waals surface area (Å²) in [5.41, 5.74) is 5.41. The second-order valence-corrected chi connectivity index (χ2v) is 2.78. The molecule has 0 bridgehead atoms. The third-order valence-electron chi connectivity index (χ3n) is 2.15. The van der Waals surface area contributed by atoms with Crippen LogP contribution in [0.2, 0.25) is 0 Å². The van der Waals surface area contributed by atoms with Crippen LogP contribution in [0.25, 0.3) is 0 Å². The summed E-state index contributed by atoms with van der Waals surface area (Å²) in [5.74, 6) is 0. The summed E-state index contributed by atoms with van der Waals surface area (Å²) in [6, 6.07) is 0.664. The number of β-amino-alcohol motifs (C(OH)–C–C–N with tert-alkyl or cyclic N) is 1. The summed E-state index contributed by atoms with van der Waals surface area (Å²) in [6.45, 7) is 3.02. The topological polar surface area (TPSA) is 49.5 Å². The molecular formula is C7H16N2O. The Morgan fingerprint density at radius 3 is 2.80 bits per heavy atom. The van der Waals surface area contributed by atoms with E-state index in [1.807, 2.05) is 0 Å². The van der Waals surface area contributed by atoms with Crippen molar-refractivity contribution in [1.82, 2.24) is 4.90 Å². The van der Waals surface area contributed by atoms with Crippen LogP contribution in [0.1, 0.15) is 12.8 Å². The molecule has 0 aromatic carbocycles. The van der Waals surface area contributed by atoms with Gasteiger partial charge in [0.25, 0.3) is 0 Å². The van der Waals surface area contributed by atoms with Crippen LogP contribution < -0.4 is 5.73 Å². The number of hydrogen-bond donors (Lipinski definition) is 2. The summed E-state index contributed by atoms with van der Waals surface area (Å²) in [6.07, 6.45) is 2.34. The van der Waals surface area contributed by atoms with E-state index in [9.17, 15) is 0 Å². The van der Waals surface area contributed by atoms with Crippen LogP contribution in [0.4, 0.5) is 0 Å². The molecule has 3 nitrogen and oxygen atoms in total. The molecule has 1 aliphatic heterocycles. The number of nitrogens with zero attached hydrogens (tertiary/aromatic N) is 1. The van der Waals surface area contributed by atoms with Gasteiger partial charge in [-0.25, -0.2) is 0 Å². The standard InChI is InChI=1S/C7H16N2O/c8-3-1-7-2-4-9(7)5-6-10/h7,10H,1-6,8H2. The lowest BCUT2D eigenvalue weighted by Gasteiger charge is -2.40. The second kappa shape index (κ2) is 3.91. The Labute approximate surface area is 61.8 Å². The van der Waals surface area contributed by atoms with Crippen molar-refractivity contribution in [2.75, 3.05) is 26.2 Å². The zero-order valence-electron chi connectivity index (χ0n) is 6.29. The molecule has 0 aromatic rings. The fourth-order valence-corrected chi connectivity index (χ4v) is 1.44. The van der Waals surface area contributed by atoms with Gasteiger partial charge in [-0.1, -0.05) is 0 Å². The molecule has 3 heteroatoms. The molecule has 1 fully saturated rings. The van der Waals surface area contributed by atoms with Gasteiger partial charge < -0.3 is 10.8 Å². The molecule has 1 rings (SSSR count). The van der Waals surface area contributed by atoms with E-state index in [-0.39, 0.29) is 6.61 Å². The van der Waals surface area contributed by atoms with Gasteiger partial charge in [0.2, 0.25) is 0 Å². The highest BCUT2D eigenvalue weighted by Gasteiger charge is 2.25. The van der Waals surface area contributed by atoms with Crippen LogP contribution in [-0.2, 0) is 0 Å². The summed E-state index contributed by atoms with van der Waals surface area (Å²) < 4.78 is 0. The normalized spacial score (nSPS) is 26.4. The molecule has 0 aromatic heterocycles. The minimum atomic E-state index is 0.279. The zero-order valence-corrected chi connectivity index (χ0v) is 6.29. The Balaban J connectivity index is 2.09. The van der Waals surface area contributed by atoms with Crippen LogP contribution in [0, 0.1) is 0 Å². The van der Waals surface area contributed by atoms with Crippen molar-refractivity contribution >= 4 is 0 Å². The smallest absolute Gasteiger partial charge is 0.0558 e. The maximum Gasteiger partial charge on any atom is 0.0558 e. The van der Waals surface area contributed by atoms with Gasteiger partial charge in [-0.15, -0.1) is 0 Å². The first-order valence-electron chi connectivity index (χ1n) is 3.93. The fraction of sp³-hybridized carbons (Fsp3) is 1.00. The molecule has 0 saturated carbocycles. The Morgan fingerprint density at radius 1 is 1.60 bits per heavy atom. The van der Waals surface area contributed by atoms with E-state index in [0.717, 1.165) is 26.1 Å². The number of hydrogen-bond acceptors (Lipinski definition) is 3. The quantitative estimate of drug-likeness (QED) is 0.554. The number of aliphatic hydroxyl groups is 1. The molecule has 1 heterocycles. The minimum Gasteiger partial charge on any atom is -0.395 e. The van der Waals surface area contributed by atoms with Crippen molar-refractivity contribution < 1.29 is 5.11 Å². The predicted octanol–water partition coefficient (Wildman–Crippen LogP) is -0.598. The number of likely N-dealkylation sites (tertiary alicyclic amines) is 1. The lowest BCUT2D eigenvalue weighted by molar-refractivity contribution is 0.0645. The number of rotatable bonds is 4. The molecule has 60 valence electrons. The lowest BCUT2D eigenvalue weighted by atomic mass is 10.00. The Morgan fingerprint density at radius 2 is 2.40 bits per heavy atom. The van der Waals surface area contributed by atoms with E-state index in [1.54, 1.807) is 0 Å². The van der Waals surface area contributed by atoms with Gasteiger partial charge in [0.15, 0.2) is 0 Å². The monoisotopic (exact) mass is 144 g/mol. The number of nitrogens with two attached hydrogens (primary N) is 1. The van der Waals surface area contributed by atoms with Crippen LogP contribution in [0.15, 0.2) is 0 Å². The molecule has 1 aliphatic rings. The highest BCUT2D eigenvalue weighted by molar-refractivity contribution is 4.82. The van der Waals surface area contributed by atoms with Gasteiger partial charge in [-0.3, -0.25) is 4.90 Å². The van der Waals surface area contributed by atoms with Crippen LogP contribution in [0.5, 0.6) is 0 Å². The molecule has 0 radical (unpaired) electrons. The Bertz CT molecular complexity index is 85.6. The highest BCUT2D eigenvalue weighted by atomic mass is 16.3. The summed E-state index contributed by atoms with van der Waals surface area (Å²) >= 11 is 0. The molecule has 1 saturated heterocycles. The molecular weight excluding hydrogens is 128 g/mol.